The number of hydrogen-bond donors (Lipinski definition) is 2. The van der Waals surface area contributed by atoms with Crippen molar-refractivity contribution in [3.8, 4) is 0 Å². The molecule has 1 saturated carbocycles. The first-order chi connectivity index (χ1) is 8.06. The highest BCUT2D eigenvalue weighted by Crippen LogP contribution is 2.44. The second kappa shape index (κ2) is 4.67. The van der Waals surface area contributed by atoms with Gasteiger partial charge in [-0.15, -0.1) is 0 Å². The minimum absolute atomic E-state index is 0.0766. The lowest BCUT2D eigenvalue weighted by Gasteiger charge is -2.13. The van der Waals surface area contributed by atoms with E-state index in [0.717, 1.165) is 18.4 Å². The second-order valence-corrected chi connectivity index (χ2v) is 5.23. The van der Waals surface area contributed by atoms with Crippen molar-refractivity contribution in [1.29, 1.82) is 0 Å². The maximum atomic E-state index is 11.9. The van der Waals surface area contributed by atoms with Crippen molar-refractivity contribution in [2.24, 2.45) is 5.41 Å². The van der Waals surface area contributed by atoms with Gasteiger partial charge in [-0.25, -0.2) is 0 Å². The van der Waals surface area contributed by atoms with Crippen molar-refractivity contribution in [2.45, 2.75) is 19.8 Å². The molecule has 1 aliphatic rings. The summed E-state index contributed by atoms with van der Waals surface area (Å²) in [5.41, 5.74) is 1.44. The van der Waals surface area contributed by atoms with Crippen LogP contribution >= 0.6 is 11.6 Å². The summed E-state index contributed by atoms with van der Waals surface area (Å²) < 4.78 is 0. The Bertz CT molecular complexity index is 441. The third-order valence-electron chi connectivity index (χ3n) is 3.29. The number of aliphatic hydroxyl groups excluding tert-OH is 1. The summed E-state index contributed by atoms with van der Waals surface area (Å²) >= 11 is 6.01. The van der Waals surface area contributed by atoms with Gasteiger partial charge in [0.2, 0.25) is 0 Å². The Labute approximate surface area is 106 Å². The van der Waals surface area contributed by atoms with Crippen LogP contribution in [0, 0.1) is 12.3 Å². The van der Waals surface area contributed by atoms with E-state index in [-0.39, 0.29) is 17.9 Å². The molecular formula is C13H16ClNO2. The number of nitrogens with one attached hydrogen (secondary N) is 1. The molecule has 1 amide bonds. The molecule has 1 aromatic carbocycles. The Morgan fingerprint density at radius 3 is 2.76 bits per heavy atom. The number of amides is 1. The molecule has 0 heterocycles. The Balaban J connectivity index is 2.00. The molecule has 0 radical (unpaired) electrons. The number of hydrogen-bond acceptors (Lipinski definition) is 2. The third-order valence-corrected chi connectivity index (χ3v) is 3.60. The molecular weight excluding hydrogens is 238 g/mol. The summed E-state index contributed by atoms with van der Waals surface area (Å²) in [6, 6.07) is 5.36. The maximum absolute atomic E-state index is 11.9. The zero-order chi connectivity index (χ0) is 12.5. The molecule has 4 heteroatoms. The van der Waals surface area contributed by atoms with Crippen LogP contribution in [0.2, 0.25) is 5.02 Å². The first kappa shape index (κ1) is 12.4. The lowest BCUT2D eigenvalue weighted by atomic mass is 10.1. The maximum Gasteiger partial charge on any atom is 0.252 e. The van der Waals surface area contributed by atoms with Gasteiger partial charge in [-0.2, -0.15) is 0 Å². The highest BCUT2D eigenvalue weighted by molar-refractivity contribution is 6.33. The van der Waals surface area contributed by atoms with Gasteiger partial charge in [0.05, 0.1) is 17.2 Å². The van der Waals surface area contributed by atoms with E-state index in [4.69, 9.17) is 16.7 Å². The molecule has 0 spiro atoms. The van der Waals surface area contributed by atoms with Gasteiger partial charge in [-0.05, 0) is 37.5 Å². The fourth-order valence-corrected chi connectivity index (χ4v) is 2.06. The predicted molar refractivity (Wildman–Crippen MR) is 67.3 cm³/mol. The van der Waals surface area contributed by atoms with Crippen LogP contribution in [0.1, 0.15) is 28.8 Å². The Hall–Kier alpha value is -1.06. The molecule has 0 aromatic heterocycles. The van der Waals surface area contributed by atoms with Crippen LogP contribution in [0.5, 0.6) is 0 Å². The topological polar surface area (TPSA) is 49.3 Å². The highest BCUT2D eigenvalue weighted by Gasteiger charge is 2.42. The van der Waals surface area contributed by atoms with E-state index in [0.29, 0.717) is 17.1 Å². The van der Waals surface area contributed by atoms with Crippen molar-refractivity contribution in [3.63, 3.8) is 0 Å². The molecule has 0 atom stereocenters. The van der Waals surface area contributed by atoms with Gasteiger partial charge < -0.3 is 10.4 Å². The largest absolute Gasteiger partial charge is 0.396 e. The predicted octanol–water partition coefficient (Wildman–Crippen LogP) is 2.15. The Morgan fingerprint density at radius 2 is 2.24 bits per heavy atom. The molecule has 0 unspecified atom stereocenters. The van der Waals surface area contributed by atoms with E-state index in [1.165, 1.54) is 0 Å². The number of benzene rings is 1. The van der Waals surface area contributed by atoms with Crippen molar-refractivity contribution in [3.05, 3.63) is 34.3 Å². The van der Waals surface area contributed by atoms with Crippen LogP contribution < -0.4 is 5.32 Å². The van der Waals surface area contributed by atoms with Gasteiger partial charge in [0, 0.05) is 12.0 Å². The average Bonchev–Trinajstić information content (AvgIpc) is 3.07. The Morgan fingerprint density at radius 1 is 1.53 bits per heavy atom. The lowest BCUT2D eigenvalue weighted by Crippen LogP contribution is -2.32. The second-order valence-electron chi connectivity index (χ2n) is 4.82. The zero-order valence-corrected chi connectivity index (χ0v) is 10.5. The summed E-state index contributed by atoms with van der Waals surface area (Å²) in [6.45, 7) is 2.58. The summed E-state index contributed by atoms with van der Waals surface area (Å²) in [4.78, 5) is 11.9. The van der Waals surface area contributed by atoms with E-state index < -0.39 is 0 Å². The van der Waals surface area contributed by atoms with Crippen LogP contribution in [0.25, 0.3) is 0 Å². The smallest absolute Gasteiger partial charge is 0.252 e. The van der Waals surface area contributed by atoms with Gasteiger partial charge in [0.15, 0.2) is 0 Å². The van der Waals surface area contributed by atoms with Gasteiger partial charge >= 0.3 is 0 Å². The highest BCUT2D eigenvalue weighted by atomic mass is 35.5. The minimum Gasteiger partial charge on any atom is -0.396 e. The quantitative estimate of drug-likeness (QED) is 0.864. The van der Waals surface area contributed by atoms with E-state index in [9.17, 15) is 4.79 Å². The summed E-state index contributed by atoms with van der Waals surface area (Å²) in [6.07, 6.45) is 1.96. The average molecular weight is 254 g/mol. The summed E-state index contributed by atoms with van der Waals surface area (Å²) in [5.74, 6) is -0.172. The number of carbonyl (C=O) groups is 1. The molecule has 0 saturated heterocycles. The number of aliphatic hydroxyl groups is 1. The number of carbonyl (C=O) groups excluding carboxylic acids is 1. The first-order valence-corrected chi connectivity index (χ1v) is 6.09. The van der Waals surface area contributed by atoms with Gasteiger partial charge in [0.25, 0.3) is 5.91 Å². The number of aryl methyl sites for hydroxylation is 1. The molecule has 92 valence electrons. The number of halogens is 1. The SMILES string of the molecule is Cc1ccc(C(=O)NCC2(CO)CC2)c(Cl)c1. The van der Waals surface area contributed by atoms with Gasteiger partial charge in [-0.3, -0.25) is 4.79 Å². The van der Waals surface area contributed by atoms with Crippen molar-refractivity contribution in [1.82, 2.24) is 5.32 Å². The molecule has 0 bridgehead atoms. The minimum atomic E-state index is -0.172. The van der Waals surface area contributed by atoms with Crippen LogP contribution in [0.3, 0.4) is 0 Å². The van der Waals surface area contributed by atoms with E-state index in [1.807, 2.05) is 13.0 Å². The standard InChI is InChI=1S/C13H16ClNO2/c1-9-2-3-10(11(14)6-9)12(17)15-7-13(8-16)4-5-13/h2-3,6,16H,4-5,7-8H2,1H3,(H,15,17). The molecule has 0 aliphatic heterocycles. The van der Waals surface area contributed by atoms with E-state index in [1.54, 1.807) is 12.1 Å². The van der Waals surface area contributed by atoms with Crippen LogP contribution in [-0.2, 0) is 0 Å². The normalized spacial score (nSPS) is 16.6. The zero-order valence-electron chi connectivity index (χ0n) is 9.79. The van der Waals surface area contributed by atoms with Gasteiger partial charge in [-0.1, -0.05) is 17.7 Å². The molecule has 1 aliphatic carbocycles. The summed E-state index contributed by atoms with van der Waals surface area (Å²) in [7, 11) is 0. The van der Waals surface area contributed by atoms with Crippen LogP contribution in [0.4, 0.5) is 0 Å². The van der Waals surface area contributed by atoms with Crippen LogP contribution in [-0.4, -0.2) is 24.2 Å². The monoisotopic (exact) mass is 253 g/mol. The fraction of sp³-hybridized carbons (Fsp3) is 0.462. The molecule has 3 nitrogen and oxygen atoms in total. The third kappa shape index (κ3) is 2.79. The summed E-state index contributed by atoms with van der Waals surface area (Å²) in [5, 5.41) is 12.5. The molecule has 2 rings (SSSR count). The molecule has 1 fully saturated rings. The van der Waals surface area contributed by atoms with Crippen LogP contribution in [0.15, 0.2) is 18.2 Å². The van der Waals surface area contributed by atoms with Crippen molar-refractivity contribution < 1.29 is 9.90 Å². The molecule has 17 heavy (non-hydrogen) atoms. The van der Waals surface area contributed by atoms with Crippen molar-refractivity contribution >= 4 is 17.5 Å². The van der Waals surface area contributed by atoms with Gasteiger partial charge in [0.1, 0.15) is 0 Å². The van der Waals surface area contributed by atoms with E-state index >= 15 is 0 Å². The Kier molecular flexibility index (Phi) is 3.40. The lowest BCUT2D eigenvalue weighted by molar-refractivity contribution is 0.0935. The first-order valence-electron chi connectivity index (χ1n) is 5.72. The van der Waals surface area contributed by atoms with E-state index in [2.05, 4.69) is 5.32 Å². The molecule has 1 aromatic rings. The number of rotatable bonds is 4. The molecule has 2 N–H and O–H groups in total. The fourth-order valence-electron chi connectivity index (χ4n) is 1.73. The van der Waals surface area contributed by atoms with Crippen molar-refractivity contribution in [2.75, 3.05) is 13.2 Å².